The zero-order valence-electron chi connectivity index (χ0n) is 17.4. The first kappa shape index (κ1) is 20.1. The Bertz CT molecular complexity index is 1020. The van der Waals surface area contributed by atoms with E-state index < -0.39 is 5.25 Å². The second kappa shape index (κ2) is 8.38. The minimum Gasteiger partial charge on any atom is -0.495 e. The molecule has 0 bridgehead atoms. The maximum atomic E-state index is 13.3. The van der Waals surface area contributed by atoms with Gasteiger partial charge in [-0.25, -0.2) is 4.99 Å². The van der Waals surface area contributed by atoms with Crippen LogP contribution in [0.1, 0.15) is 25.7 Å². The van der Waals surface area contributed by atoms with E-state index >= 15 is 0 Å². The third kappa shape index (κ3) is 4.32. The number of nitrogens with one attached hydrogen (secondary N) is 1. The number of aliphatic imine (C=N–C) groups is 1. The third-order valence-electron chi connectivity index (χ3n) is 6.06. The molecule has 6 nitrogen and oxygen atoms in total. The summed E-state index contributed by atoms with van der Waals surface area (Å²) in [5, 5.41) is 3.14. The lowest BCUT2D eigenvalue weighted by Gasteiger charge is -2.17. The van der Waals surface area contributed by atoms with Crippen molar-refractivity contribution in [3.63, 3.8) is 0 Å². The Morgan fingerprint density at radius 1 is 1.16 bits per heavy atom. The van der Waals surface area contributed by atoms with Crippen molar-refractivity contribution in [2.45, 2.75) is 37.0 Å². The predicted molar refractivity (Wildman–Crippen MR) is 123 cm³/mol. The van der Waals surface area contributed by atoms with Crippen molar-refractivity contribution in [1.29, 1.82) is 0 Å². The molecule has 2 amide bonds. The van der Waals surface area contributed by atoms with Crippen LogP contribution >= 0.6 is 11.8 Å². The summed E-state index contributed by atoms with van der Waals surface area (Å²) in [6, 6.07) is 17.2. The molecule has 2 aromatic carbocycles. The fourth-order valence-corrected chi connectivity index (χ4v) is 5.46. The number of hydrogen-bond acceptors (Lipinski definition) is 5. The van der Waals surface area contributed by atoms with Crippen LogP contribution in [0.3, 0.4) is 0 Å². The summed E-state index contributed by atoms with van der Waals surface area (Å²) in [5.41, 5.74) is 1.43. The molecule has 1 N–H and O–H groups in total. The maximum absolute atomic E-state index is 13.3. The highest BCUT2D eigenvalue weighted by Gasteiger charge is 2.56. The van der Waals surface area contributed by atoms with E-state index in [1.807, 2.05) is 47.4 Å². The van der Waals surface area contributed by atoms with Crippen molar-refractivity contribution < 1.29 is 14.3 Å². The number of benzene rings is 2. The van der Waals surface area contributed by atoms with Crippen LogP contribution in [-0.4, -0.2) is 40.3 Å². The lowest BCUT2D eigenvalue weighted by atomic mass is 10.2. The van der Waals surface area contributed by atoms with Crippen molar-refractivity contribution in [1.82, 2.24) is 4.90 Å². The lowest BCUT2D eigenvalue weighted by Crippen LogP contribution is -2.36. The number of amidine groups is 1. The molecule has 3 fully saturated rings. The van der Waals surface area contributed by atoms with Crippen LogP contribution in [0.15, 0.2) is 59.6 Å². The van der Waals surface area contributed by atoms with Crippen molar-refractivity contribution in [3.8, 4) is 5.75 Å². The Labute approximate surface area is 186 Å². The highest BCUT2D eigenvalue weighted by atomic mass is 32.2. The zero-order valence-corrected chi connectivity index (χ0v) is 18.2. The van der Waals surface area contributed by atoms with Crippen LogP contribution in [0.4, 0.5) is 11.4 Å². The molecule has 1 saturated heterocycles. The van der Waals surface area contributed by atoms with Crippen LogP contribution in [0.5, 0.6) is 5.75 Å². The average Bonchev–Trinajstić information content (AvgIpc) is 3.68. The quantitative estimate of drug-likeness (QED) is 0.697. The normalized spacial score (nSPS) is 26.2. The molecule has 1 unspecified atom stereocenters. The molecule has 2 saturated carbocycles. The van der Waals surface area contributed by atoms with Crippen LogP contribution in [0.25, 0.3) is 0 Å². The zero-order chi connectivity index (χ0) is 21.4. The van der Waals surface area contributed by atoms with Crippen LogP contribution in [0, 0.1) is 11.8 Å². The number of carbonyl (C=O) groups excluding carboxylic acids is 2. The number of amides is 2. The van der Waals surface area contributed by atoms with Crippen molar-refractivity contribution >= 4 is 40.1 Å². The smallest absolute Gasteiger partial charge is 0.242 e. The predicted octanol–water partition coefficient (Wildman–Crippen LogP) is 4.45. The van der Waals surface area contributed by atoms with Gasteiger partial charge in [-0.15, -0.1) is 0 Å². The number of carbonyl (C=O) groups is 2. The van der Waals surface area contributed by atoms with Gasteiger partial charge in [0.2, 0.25) is 11.8 Å². The molecule has 1 aliphatic heterocycles. The molecule has 2 aromatic rings. The number of para-hydroxylation sites is 3. The lowest BCUT2D eigenvalue weighted by molar-refractivity contribution is -0.128. The Hall–Kier alpha value is -2.80. The van der Waals surface area contributed by atoms with Gasteiger partial charge in [-0.2, -0.15) is 0 Å². The molecular weight excluding hydrogens is 410 g/mol. The first-order valence-electron chi connectivity index (χ1n) is 10.7. The summed E-state index contributed by atoms with van der Waals surface area (Å²) in [6.45, 7) is 0. The molecule has 1 heterocycles. The molecule has 0 spiro atoms. The van der Waals surface area contributed by atoms with E-state index in [0.29, 0.717) is 17.4 Å². The van der Waals surface area contributed by atoms with Gasteiger partial charge in [0.25, 0.3) is 0 Å². The van der Waals surface area contributed by atoms with Gasteiger partial charge in [0.15, 0.2) is 5.17 Å². The number of methoxy groups -OCH3 is 1. The summed E-state index contributed by atoms with van der Waals surface area (Å²) in [6.07, 6.45) is 3.69. The van der Waals surface area contributed by atoms with E-state index in [1.165, 1.54) is 24.6 Å². The van der Waals surface area contributed by atoms with Crippen LogP contribution < -0.4 is 10.1 Å². The molecule has 160 valence electrons. The SMILES string of the molecule is COc1ccccc1NC(=O)CC1SC(=Nc2ccccc2)N([C@@H]2C[C@H]2C2CC2)C1=O. The Morgan fingerprint density at radius 3 is 2.65 bits per heavy atom. The second-order valence-corrected chi connectivity index (χ2v) is 9.47. The van der Waals surface area contributed by atoms with E-state index in [2.05, 4.69) is 5.32 Å². The van der Waals surface area contributed by atoms with E-state index in [0.717, 1.165) is 23.2 Å². The molecule has 2 aliphatic carbocycles. The summed E-state index contributed by atoms with van der Waals surface area (Å²) < 4.78 is 5.30. The topological polar surface area (TPSA) is 71.0 Å². The molecule has 3 aliphatic rings. The molecule has 0 radical (unpaired) electrons. The summed E-state index contributed by atoms with van der Waals surface area (Å²) in [4.78, 5) is 32.7. The fraction of sp³-hybridized carbons (Fsp3) is 0.375. The van der Waals surface area contributed by atoms with Gasteiger partial charge in [-0.05, 0) is 55.4 Å². The number of anilines is 1. The summed E-state index contributed by atoms with van der Waals surface area (Å²) in [7, 11) is 1.57. The molecule has 5 rings (SSSR count). The molecular formula is C24H25N3O3S. The molecule has 31 heavy (non-hydrogen) atoms. The second-order valence-electron chi connectivity index (χ2n) is 8.30. The fourth-order valence-electron chi connectivity index (χ4n) is 4.26. The number of hydrogen-bond donors (Lipinski definition) is 1. The largest absolute Gasteiger partial charge is 0.495 e. The number of thioether (sulfide) groups is 1. The monoisotopic (exact) mass is 435 g/mol. The average molecular weight is 436 g/mol. The maximum Gasteiger partial charge on any atom is 0.242 e. The van der Waals surface area contributed by atoms with Gasteiger partial charge in [0, 0.05) is 12.5 Å². The molecule has 3 atom stereocenters. The number of nitrogens with zero attached hydrogens (tertiary/aromatic N) is 2. The summed E-state index contributed by atoms with van der Waals surface area (Å²) in [5.74, 6) is 1.74. The first-order valence-corrected chi connectivity index (χ1v) is 11.6. The third-order valence-corrected chi connectivity index (χ3v) is 7.21. The van der Waals surface area contributed by atoms with E-state index in [4.69, 9.17) is 9.73 Å². The Kier molecular flexibility index (Phi) is 5.44. The van der Waals surface area contributed by atoms with E-state index in [-0.39, 0.29) is 24.3 Å². The van der Waals surface area contributed by atoms with Gasteiger partial charge < -0.3 is 10.1 Å². The van der Waals surface area contributed by atoms with Crippen LogP contribution in [-0.2, 0) is 9.59 Å². The van der Waals surface area contributed by atoms with Crippen molar-refractivity contribution in [2.75, 3.05) is 12.4 Å². The minimum atomic E-state index is -0.461. The number of ether oxygens (including phenoxy) is 1. The highest BCUT2D eigenvalue weighted by Crippen LogP contribution is 2.54. The van der Waals surface area contributed by atoms with Gasteiger partial charge in [-0.1, -0.05) is 42.1 Å². The number of rotatable bonds is 7. The molecule has 0 aromatic heterocycles. The van der Waals surface area contributed by atoms with E-state index in [9.17, 15) is 9.59 Å². The highest BCUT2D eigenvalue weighted by molar-refractivity contribution is 8.15. The van der Waals surface area contributed by atoms with Crippen molar-refractivity contribution in [3.05, 3.63) is 54.6 Å². The van der Waals surface area contributed by atoms with E-state index in [1.54, 1.807) is 19.2 Å². The first-order chi connectivity index (χ1) is 15.1. The van der Waals surface area contributed by atoms with Gasteiger partial charge in [0.05, 0.1) is 18.5 Å². The standard InChI is InChI=1S/C24H25N3O3S/c1-30-20-10-6-5-9-18(20)26-22(28)14-21-23(29)27(19-13-17(19)15-11-12-15)24(31-21)25-16-7-3-2-4-8-16/h2-10,15,17,19,21H,11-14H2,1H3,(H,26,28)/t17-,19+,21?/m0/s1. The van der Waals surface area contributed by atoms with Gasteiger partial charge >= 0.3 is 0 Å². The van der Waals surface area contributed by atoms with Gasteiger partial charge in [-0.3, -0.25) is 14.5 Å². The molecule has 7 heteroatoms. The van der Waals surface area contributed by atoms with Gasteiger partial charge in [0.1, 0.15) is 11.0 Å². The Balaban J connectivity index is 1.33. The van der Waals surface area contributed by atoms with Crippen molar-refractivity contribution in [2.24, 2.45) is 16.8 Å². The van der Waals surface area contributed by atoms with Crippen LogP contribution in [0.2, 0.25) is 0 Å². The summed E-state index contributed by atoms with van der Waals surface area (Å²) >= 11 is 1.41. The Morgan fingerprint density at radius 2 is 1.90 bits per heavy atom. The minimum absolute atomic E-state index is 0.00278.